The Morgan fingerprint density at radius 3 is 2.75 bits per heavy atom. The van der Waals surface area contributed by atoms with Crippen molar-refractivity contribution in [3.05, 3.63) is 51.8 Å². The lowest BCUT2D eigenvalue weighted by molar-refractivity contribution is 0.182. The van der Waals surface area contributed by atoms with Crippen LogP contribution in [0.3, 0.4) is 0 Å². The van der Waals surface area contributed by atoms with Crippen LogP contribution in [-0.4, -0.2) is 23.5 Å². The molecule has 20 heavy (non-hydrogen) atoms. The van der Waals surface area contributed by atoms with E-state index in [1.807, 2.05) is 24.3 Å². The first-order valence-corrected chi connectivity index (χ1v) is 6.85. The average Bonchev–Trinajstić information content (AvgIpc) is 2.81. The summed E-state index contributed by atoms with van der Waals surface area (Å²) >= 11 is 12.5. The summed E-state index contributed by atoms with van der Waals surface area (Å²) in [5.41, 5.74) is 4.36. The Morgan fingerprint density at radius 2 is 2.10 bits per heavy atom. The third-order valence-electron chi connectivity index (χ3n) is 3.00. The highest BCUT2D eigenvalue weighted by molar-refractivity contribution is 6.32. The summed E-state index contributed by atoms with van der Waals surface area (Å²) < 4.78 is 6.83. The van der Waals surface area contributed by atoms with Crippen molar-refractivity contribution in [1.29, 1.82) is 0 Å². The molecule has 0 amide bonds. The SMILES string of the molecule is COCCn1ncc(Cl)c1C(NN)c1ccccc1Cl. The zero-order valence-corrected chi connectivity index (χ0v) is 12.5. The van der Waals surface area contributed by atoms with Crippen molar-refractivity contribution in [3.63, 3.8) is 0 Å². The fourth-order valence-electron chi connectivity index (χ4n) is 2.04. The molecule has 0 aliphatic heterocycles. The molecule has 5 nitrogen and oxygen atoms in total. The van der Waals surface area contributed by atoms with Crippen LogP contribution in [0.4, 0.5) is 0 Å². The number of aromatic nitrogens is 2. The molecule has 0 saturated heterocycles. The van der Waals surface area contributed by atoms with Gasteiger partial charge in [0.15, 0.2) is 0 Å². The summed E-state index contributed by atoms with van der Waals surface area (Å²) in [5.74, 6) is 5.69. The van der Waals surface area contributed by atoms with Gasteiger partial charge in [0.2, 0.25) is 0 Å². The van der Waals surface area contributed by atoms with Crippen LogP contribution < -0.4 is 11.3 Å². The van der Waals surface area contributed by atoms with Gasteiger partial charge < -0.3 is 4.74 Å². The lowest BCUT2D eigenvalue weighted by Gasteiger charge is -2.20. The molecule has 0 radical (unpaired) electrons. The number of benzene rings is 1. The third-order valence-corrected chi connectivity index (χ3v) is 3.63. The predicted molar refractivity (Wildman–Crippen MR) is 79.7 cm³/mol. The largest absolute Gasteiger partial charge is 0.383 e. The molecule has 1 heterocycles. The van der Waals surface area contributed by atoms with Crippen molar-refractivity contribution in [1.82, 2.24) is 15.2 Å². The molecule has 0 fully saturated rings. The maximum absolute atomic E-state index is 6.24. The summed E-state index contributed by atoms with van der Waals surface area (Å²) in [5, 5.41) is 5.39. The summed E-state index contributed by atoms with van der Waals surface area (Å²) in [6, 6.07) is 7.14. The molecule has 0 spiro atoms. The second-order valence-electron chi connectivity index (χ2n) is 4.21. The van der Waals surface area contributed by atoms with Crippen molar-refractivity contribution in [2.45, 2.75) is 12.6 Å². The number of nitrogens with zero attached hydrogens (tertiary/aromatic N) is 2. The van der Waals surface area contributed by atoms with Crippen LogP contribution in [0.1, 0.15) is 17.3 Å². The first kappa shape index (κ1) is 15.3. The quantitative estimate of drug-likeness (QED) is 0.634. The molecule has 3 N–H and O–H groups in total. The molecule has 2 aromatic rings. The molecule has 1 aromatic heterocycles. The highest BCUT2D eigenvalue weighted by atomic mass is 35.5. The van der Waals surface area contributed by atoms with Gasteiger partial charge in [0.25, 0.3) is 0 Å². The van der Waals surface area contributed by atoms with Crippen molar-refractivity contribution in [3.8, 4) is 0 Å². The van der Waals surface area contributed by atoms with E-state index in [0.717, 1.165) is 11.3 Å². The number of ether oxygens (including phenoxy) is 1. The standard InChI is InChI=1S/C13H16Cl2N4O/c1-20-7-6-19-13(11(15)8-17-19)12(18-16)9-4-2-3-5-10(9)14/h2-5,8,12,18H,6-7,16H2,1H3. The van der Waals surface area contributed by atoms with Gasteiger partial charge in [-0.05, 0) is 11.6 Å². The molecule has 108 valence electrons. The molecular formula is C13H16Cl2N4O. The first-order chi connectivity index (χ1) is 9.69. The van der Waals surface area contributed by atoms with Crippen LogP contribution in [0, 0.1) is 0 Å². The van der Waals surface area contributed by atoms with Gasteiger partial charge in [-0.1, -0.05) is 41.4 Å². The molecular weight excluding hydrogens is 299 g/mol. The van der Waals surface area contributed by atoms with E-state index >= 15 is 0 Å². The van der Waals surface area contributed by atoms with E-state index in [2.05, 4.69) is 10.5 Å². The van der Waals surface area contributed by atoms with Crippen LogP contribution in [0.5, 0.6) is 0 Å². The molecule has 1 aromatic carbocycles. The molecule has 0 aliphatic rings. The van der Waals surface area contributed by atoms with Crippen LogP contribution in [-0.2, 0) is 11.3 Å². The number of nitrogens with one attached hydrogen (secondary N) is 1. The van der Waals surface area contributed by atoms with Gasteiger partial charge in [-0.15, -0.1) is 0 Å². The smallest absolute Gasteiger partial charge is 0.0907 e. The molecule has 0 saturated carbocycles. The van der Waals surface area contributed by atoms with Gasteiger partial charge in [0.1, 0.15) is 0 Å². The Labute approximate surface area is 127 Å². The molecule has 1 unspecified atom stereocenters. The van der Waals surface area contributed by atoms with Crippen LogP contribution >= 0.6 is 23.2 Å². The number of hydrogen-bond donors (Lipinski definition) is 2. The van der Waals surface area contributed by atoms with Crippen LogP contribution in [0.25, 0.3) is 0 Å². The van der Waals surface area contributed by atoms with Crippen LogP contribution in [0.2, 0.25) is 10.0 Å². The summed E-state index contributed by atoms with van der Waals surface area (Å²) in [6.45, 7) is 1.12. The van der Waals surface area contributed by atoms with E-state index in [9.17, 15) is 0 Å². The lowest BCUT2D eigenvalue weighted by atomic mass is 10.0. The van der Waals surface area contributed by atoms with Gasteiger partial charge in [0, 0.05) is 12.1 Å². The van der Waals surface area contributed by atoms with Gasteiger partial charge in [-0.2, -0.15) is 5.10 Å². The van der Waals surface area contributed by atoms with Gasteiger partial charge >= 0.3 is 0 Å². The van der Waals surface area contributed by atoms with Gasteiger partial charge in [-0.25, -0.2) is 5.43 Å². The number of rotatable bonds is 6. The normalized spacial score (nSPS) is 12.6. The zero-order chi connectivity index (χ0) is 14.5. The number of halogens is 2. The monoisotopic (exact) mass is 314 g/mol. The zero-order valence-electron chi connectivity index (χ0n) is 11.0. The topological polar surface area (TPSA) is 65.1 Å². The van der Waals surface area contributed by atoms with E-state index in [-0.39, 0.29) is 6.04 Å². The Kier molecular flexibility index (Phi) is 5.39. The Morgan fingerprint density at radius 1 is 1.35 bits per heavy atom. The Bertz CT molecular complexity index is 573. The second-order valence-corrected chi connectivity index (χ2v) is 5.03. The maximum Gasteiger partial charge on any atom is 0.0907 e. The number of hydrogen-bond acceptors (Lipinski definition) is 4. The highest BCUT2D eigenvalue weighted by Crippen LogP contribution is 2.31. The number of nitrogens with two attached hydrogens (primary N) is 1. The van der Waals surface area contributed by atoms with Gasteiger partial charge in [0.05, 0.1) is 36.1 Å². The third kappa shape index (κ3) is 3.13. The summed E-state index contributed by atoms with van der Waals surface area (Å²) in [4.78, 5) is 0. The van der Waals surface area contributed by atoms with Crippen molar-refractivity contribution in [2.75, 3.05) is 13.7 Å². The molecule has 0 aliphatic carbocycles. The first-order valence-electron chi connectivity index (χ1n) is 6.09. The molecule has 0 bridgehead atoms. The molecule has 2 rings (SSSR count). The summed E-state index contributed by atoms with van der Waals surface area (Å²) in [6.07, 6.45) is 1.59. The van der Waals surface area contributed by atoms with Crippen molar-refractivity contribution in [2.24, 2.45) is 5.84 Å². The van der Waals surface area contributed by atoms with E-state index < -0.39 is 0 Å². The minimum absolute atomic E-state index is 0.337. The molecule has 1 atom stereocenters. The Hall–Kier alpha value is -1.11. The lowest BCUT2D eigenvalue weighted by Crippen LogP contribution is -2.31. The second kappa shape index (κ2) is 7.06. The highest BCUT2D eigenvalue weighted by Gasteiger charge is 2.22. The fourth-order valence-corrected chi connectivity index (χ4v) is 2.54. The van der Waals surface area contributed by atoms with E-state index in [4.69, 9.17) is 33.8 Å². The summed E-state index contributed by atoms with van der Waals surface area (Å²) in [7, 11) is 1.64. The minimum Gasteiger partial charge on any atom is -0.383 e. The Balaban J connectivity index is 2.42. The van der Waals surface area contributed by atoms with Crippen molar-refractivity contribution < 1.29 is 4.74 Å². The number of methoxy groups -OCH3 is 1. The van der Waals surface area contributed by atoms with E-state index in [1.165, 1.54) is 0 Å². The molecule has 7 heteroatoms. The average molecular weight is 315 g/mol. The predicted octanol–water partition coefficient (Wildman–Crippen LogP) is 2.39. The van der Waals surface area contributed by atoms with E-state index in [1.54, 1.807) is 18.0 Å². The van der Waals surface area contributed by atoms with Crippen molar-refractivity contribution >= 4 is 23.2 Å². The maximum atomic E-state index is 6.24. The minimum atomic E-state index is -0.337. The fraction of sp³-hybridized carbons (Fsp3) is 0.308. The number of hydrazine groups is 1. The van der Waals surface area contributed by atoms with Crippen LogP contribution in [0.15, 0.2) is 30.5 Å². The van der Waals surface area contributed by atoms with E-state index in [0.29, 0.717) is 23.2 Å². The van der Waals surface area contributed by atoms with Gasteiger partial charge in [-0.3, -0.25) is 10.5 Å².